The minimum atomic E-state index is -0.782. The van der Waals surface area contributed by atoms with Gasteiger partial charge in [-0.3, -0.25) is 14.3 Å². The summed E-state index contributed by atoms with van der Waals surface area (Å²) in [6.07, 6.45) is 8.79. The summed E-state index contributed by atoms with van der Waals surface area (Å²) in [5.74, 6) is -0.393. The van der Waals surface area contributed by atoms with E-state index in [4.69, 9.17) is 4.74 Å². The molecule has 1 fully saturated rings. The number of fused-ring (bicyclic) bond motifs is 1. The molecule has 3 aromatic rings. The third kappa shape index (κ3) is 3.12. The Morgan fingerprint density at radius 1 is 1.34 bits per heavy atom. The number of methoxy groups -OCH3 is 1. The van der Waals surface area contributed by atoms with E-state index < -0.39 is 17.1 Å². The lowest BCUT2D eigenvalue weighted by atomic mass is 9.97. The lowest BCUT2D eigenvalue weighted by Gasteiger charge is -2.32. The molecule has 9 nitrogen and oxygen atoms in total. The summed E-state index contributed by atoms with van der Waals surface area (Å²) < 4.78 is 9.14. The second kappa shape index (κ2) is 7.23. The molecule has 0 spiro atoms. The average Bonchev–Trinajstić information content (AvgIpc) is 3.35. The Labute approximate surface area is 166 Å². The molecule has 3 aromatic heterocycles. The van der Waals surface area contributed by atoms with Crippen molar-refractivity contribution in [3.8, 4) is 11.5 Å². The normalized spacial score (nSPS) is 15.5. The SMILES string of the molecule is CNC(=O)c1nn(CC2(n3cc(OC)c4cccnc43)CCCC2)cc(O)c1=O. The van der Waals surface area contributed by atoms with Gasteiger partial charge < -0.3 is 19.7 Å². The van der Waals surface area contributed by atoms with E-state index in [2.05, 4.69) is 20.0 Å². The highest BCUT2D eigenvalue weighted by atomic mass is 16.5. The van der Waals surface area contributed by atoms with Crippen LogP contribution in [0.3, 0.4) is 0 Å². The molecule has 0 bridgehead atoms. The number of amides is 1. The topological polar surface area (TPSA) is 111 Å². The second-order valence-corrected chi connectivity index (χ2v) is 7.34. The molecule has 1 aliphatic rings. The molecular weight excluding hydrogens is 374 g/mol. The number of pyridine rings is 1. The largest absolute Gasteiger partial charge is 0.503 e. The van der Waals surface area contributed by atoms with E-state index in [1.54, 1.807) is 13.3 Å². The predicted molar refractivity (Wildman–Crippen MR) is 106 cm³/mol. The zero-order valence-electron chi connectivity index (χ0n) is 16.4. The smallest absolute Gasteiger partial charge is 0.275 e. The summed E-state index contributed by atoms with van der Waals surface area (Å²) in [6, 6.07) is 3.83. The number of ether oxygens (including phenoxy) is 1. The highest BCUT2D eigenvalue weighted by Crippen LogP contribution is 2.42. The van der Waals surface area contributed by atoms with Gasteiger partial charge in [0.15, 0.2) is 11.4 Å². The fraction of sp³-hybridized carbons (Fsp3) is 0.400. The zero-order chi connectivity index (χ0) is 20.6. The minimum absolute atomic E-state index is 0.325. The van der Waals surface area contributed by atoms with Crippen LogP contribution >= 0.6 is 0 Å². The van der Waals surface area contributed by atoms with Crippen LogP contribution < -0.4 is 15.5 Å². The van der Waals surface area contributed by atoms with Crippen molar-refractivity contribution < 1.29 is 14.6 Å². The summed E-state index contributed by atoms with van der Waals surface area (Å²) in [7, 11) is 3.05. The number of aromatic nitrogens is 4. The average molecular weight is 397 g/mol. The Kier molecular flexibility index (Phi) is 4.73. The van der Waals surface area contributed by atoms with Crippen LogP contribution in [-0.2, 0) is 12.1 Å². The van der Waals surface area contributed by atoms with Gasteiger partial charge in [-0.25, -0.2) is 4.98 Å². The van der Waals surface area contributed by atoms with Gasteiger partial charge in [0.1, 0.15) is 11.4 Å². The lowest BCUT2D eigenvalue weighted by Crippen LogP contribution is -2.37. The lowest BCUT2D eigenvalue weighted by molar-refractivity contribution is 0.0952. The molecule has 0 aromatic carbocycles. The highest BCUT2D eigenvalue weighted by molar-refractivity contribution is 5.92. The molecule has 0 saturated heterocycles. The first-order chi connectivity index (χ1) is 14.0. The van der Waals surface area contributed by atoms with E-state index in [0.29, 0.717) is 6.54 Å². The van der Waals surface area contributed by atoms with E-state index in [1.807, 2.05) is 18.3 Å². The monoisotopic (exact) mass is 397 g/mol. The second-order valence-electron chi connectivity index (χ2n) is 7.34. The molecule has 9 heteroatoms. The van der Waals surface area contributed by atoms with Crippen molar-refractivity contribution in [1.82, 2.24) is 24.6 Å². The number of carbonyl (C=O) groups excluding carboxylic acids is 1. The van der Waals surface area contributed by atoms with Crippen molar-refractivity contribution in [2.45, 2.75) is 37.8 Å². The molecule has 1 aliphatic carbocycles. The van der Waals surface area contributed by atoms with Crippen molar-refractivity contribution in [3.05, 3.63) is 46.6 Å². The van der Waals surface area contributed by atoms with Crippen LogP contribution in [0.25, 0.3) is 11.0 Å². The van der Waals surface area contributed by atoms with Crippen molar-refractivity contribution in [1.29, 1.82) is 0 Å². The molecule has 0 atom stereocenters. The fourth-order valence-corrected chi connectivity index (χ4v) is 4.24. The van der Waals surface area contributed by atoms with Gasteiger partial charge >= 0.3 is 0 Å². The van der Waals surface area contributed by atoms with Gasteiger partial charge in [0.05, 0.1) is 30.8 Å². The maximum absolute atomic E-state index is 12.1. The van der Waals surface area contributed by atoms with E-state index in [0.717, 1.165) is 42.5 Å². The number of hydrogen-bond donors (Lipinski definition) is 2. The van der Waals surface area contributed by atoms with E-state index in [9.17, 15) is 14.7 Å². The van der Waals surface area contributed by atoms with Gasteiger partial charge in [-0.1, -0.05) is 12.8 Å². The van der Waals surface area contributed by atoms with Crippen molar-refractivity contribution in [3.63, 3.8) is 0 Å². The molecule has 4 rings (SSSR count). The Morgan fingerprint density at radius 2 is 2.10 bits per heavy atom. The summed E-state index contributed by atoms with van der Waals surface area (Å²) in [4.78, 5) is 28.7. The zero-order valence-corrected chi connectivity index (χ0v) is 16.4. The van der Waals surface area contributed by atoms with Crippen molar-refractivity contribution in [2.75, 3.05) is 14.2 Å². The van der Waals surface area contributed by atoms with Gasteiger partial charge in [-0.05, 0) is 25.0 Å². The minimum Gasteiger partial charge on any atom is -0.503 e. The van der Waals surface area contributed by atoms with Gasteiger partial charge in [-0.2, -0.15) is 5.10 Å². The number of rotatable bonds is 5. The van der Waals surface area contributed by atoms with E-state index in [-0.39, 0.29) is 11.2 Å². The first-order valence-corrected chi connectivity index (χ1v) is 9.52. The van der Waals surface area contributed by atoms with Crippen LogP contribution in [0.5, 0.6) is 11.5 Å². The number of hydrogen-bond acceptors (Lipinski definition) is 6. The summed E-state index contributed by atoms with van der Waals surface area (Å²) in [5, 5.41) is 17.6. The van der Waals surface area contributed by atoms with Gasteiger partial charge in [-0.15, -0.1) is 0 Å². The van der Waals surface area contributed by atoms with Crippen LogP contribution in [0.2, 0.25) is 0 Å². The standard InChI is InChI=1S/C20H23N5O4/c1-21-19(28)16-17(27)14(26)10-24(23-16)12-20(7-3-4-8-20)25-11-15(29-2)13-6-5-9-22-18(13)25/h5-6,9-11,26H,3-4,7-8,12H2,1-2H3,(H,21,28). The number of carbonyl (C=O) groups is 1. The van der Waals surface area contributed by atoms with Crippen molar-refractivity contribution >= 4 is 16.9 Å². The first kappa shape index (κ1) is 19.0. The van der Waals surface area contributed by atoms with E-state index in [1.165, 1.54) is 17.9 Å². The molecule has 1 amide bonds. The van der Waals surface area contributed by atoms with Crippen LogP contribution in [0.15, 0.2) is 35.5 Å². The number of nitrogens with one attached hydrogen (secondary N) is 1. The Morgan fingerprint density at radius 3 is 2.79 bits per heavy atom. The van der Waals surface area contributed by atoms with Crippen LogP contribution in [0.1, 0.15) is 36.2 Å². The first-order valence-electron chi connectivity index (χ1n) is 9.52. The number of aromatic hydroxyl groups is 1. The molecule has 3 heterocycles. The van der Waals surface area contributed by atoms with Crippen LogP contribution in [0.4, 0.5) is 0 Å². The Balaban J connectivity index is 1.84. The quantitative estimate of drug-likeness (QED) is 0.677. The fourth-order valence-electron chi connectivity index (χ4n) is 4.24. The molecule has 0 radical (unpaired) electrons. The maximum Gasteiger partial charge on any atom is 0.275 e. The van der Waals surface area contributed by atoms with Crippen molar-refractivity contribution in [2.24, 2.45) is 0 Å². The maximum atomic E-state index is 12.1. The molecular formula is C20H23N5O4. The number of nitrogens with zero attached hydrogens (tertiary/aromatic N) is 4. The molecule has 29 heavy (non-hydrogen) atoms. The van der Waals surface area contributed by atoms with Crippen LogP contribution in [-0.4, -0.2) is 44.5 Å². The predicted octanol–water partition coefficient (Wildman–Crippen LogP) is 1.64. The Hall–Kier alpha value is -3.36. The molecule has 152 valence electrons. The molecule has 1 saturated carbocycles. The van der Waals surface area contributed by atoms with Gasteiger partial charge in [0.25, 0.3) is 11.3 Å². The van der Waals surface area contributed by atoms with Crippen LogP contribution in [0, 0.1) is 0 Å². The molecule has 0 unspecified atom stereocenters. The third-order valence-corrected chi connectivity index (χ3v) is 5.64. The van der Waals surface area contributed by atoms with Gasteiger partial charge in [0.2, 0.25) is 0 Å². The third-order valence-electron chi connectivity index (χ3n) is 5.64. The Bertz CT molecular complexity index is 1130. The highest BCUT2D eigenvalue weighted by Gasteiger charge is 2.38. The van der Waals surface area contributed by atoms with Gasteiger partial charge in [0, 0.05) is 19.4 Å². The summed E-state index contributed by atoms with van der Waals surface area (Å²) >= 11 is 0. The summed E-state index contributed by atoms with van der Waals surface area (Å²) in [5.41, 5.74) is -0.662. The van der Waals surface area contributed by atoms with E-state index >= 15 is 0 Å². The molecule has 0 aliphatic heterocycles. The summed E-state index contributed by atoms with van der Waals surface area (Å²) in [6.45, 7) is 0.383. The molecule has 2 N–H and O–H groups in total.